The monoisotopic (exact) mass is 374 g/mol. The summed E-state index contributed by atoms with van der Waals surface area (Å²) in [5.74, 6) is 1.16. The van der Waals surface area contributed by atoms with E-state index in [2.05, 4.69) is 26.8 Å². The third-order valence-corrected chi connectivity index (χ3v) is 5.26. The fourth-order valence-corrected chi connectivity index (χ4v) is 3.19. The fraction of sp³-hybridized carbons (Fsp3) is 0.412. The van der Waals surface area contributed by atoms with Gasteiger partial charge in [0.25, 0.3) is 0 Å². The molecule has 0 amide bonds. The smallest absolute Gasteiger partial charge is 0.154 e. The summed E-state index contributed by atoms with van der Waals surface area (Å²) in [4.78, 5) is 14.8. The third kappa shape index (κ3) is 3.56. The summed E-state index contributed by atoms with van der Waals surface area (Å²) in [6.45, 7) is 4.59. The number of nitrogen functional groups attached to an aromatic ring is 2. The van der Waals surface area contributed by atoms with E-state index in [4.69, 9.17) is 34.2 Å². The molecule has 1 fully saturated rings. The van der Waals surface area contributed by atoms with Crippen LogP contribution in [0.2, 0.25) is 5.02 Å². The molecule has 1 aliphatic heterocycles. The Morgan fingerprint density at radius 3 is 2.58 bits per heavy atom. The van der Waals surface area contributed by atoms with Crippen molar-refractivity contribution < 1.29 is 0 Å². The van der Waals surface area contributed by atoms with Gasteiger partial charge < -0.3 is 22.1 Å². The molecule has 2 aromatic heterocycles. The molecule has 1 aliphatic rings. The van der Waals surface area contributed by atoms with E-state index in [1.807, 2.05) is 0 Å². The number of aromatic nitrogens is 3. The van der Waals surface area contributed by atoms with Crippen molar-refractivity contribution in [3.05, 3.63) is 34.7 Å². The van der Waals surface area contributed by atoms with E-state index in [0.29, 0.717) is 22.9 Å². The average Bonchev–Trinajstić information content (AvgIpc) is 2.64. The highest BCUT2D eigenvalue weighted by atomic mass is 35.5. The molecule has 0 radical (unpaired) electrons. The Morgan fingerprint density at radius 1 is 1.27 bits per heavy atom. The molecule has 0 bridgehead atoms. The molecule has 3 rings (SSSR count). The van der Waals surface area contributed by atoms with Crippen molar-refractivity contribution in [2.24, 2.45) is 11.1 Å². The molecular formula is C17H23ClN8. The maximum Gasteiger partial charge on any atom is 0.154 e. The van der Waals surface area contributed by atoms with Gasteiger partial charge in [0.1, 0.15) is 17.3 Å². The Bertz CT molecular complexity index is 830. The molecule has 0 atom stereocenters. The van der Waals surface area contributed by atoms with Gasteiger partial charge in [0, 0.05) is 24.8 Å². The van der Waals surface area contributed by atoms with Crippen LogP contribution in [0, 0.1) is 10.8 Å². The van der Waals surface area contributed by atoms with Gasteiger partial charge in [0.15, 0.2) is 5.82 Å². The van der Waals surface area contributed by atoms with Crippen molar-refractivity contribution >= 4 is 34.8 Å². The first-order valence-electron chi connectivity index (χ1n) is 8.41. The van der Waals surface area contributed by atoms with Gasteiger partial charge in [-0.3, -0.25) is 5.41 Å². The predicted molar refractivity (Wildman–Crippen MR) is 105 cm³/mol. The van der Waals surface area contributed by atoms with Crippen molar-refractivity contribution in [1.82, 2.24) is 15.0 Å². The number of anilines is 3. The van der Waals surface area contributed by atoms with Crippen LogP contribution in [0.4, 0.5) is 17.5 Å². The summed E-state index contributed by atoms with van der Waals surface area (Å²) >= 11 is 6.12. The van der Waals surface area contributed by atoms with Crippen LogP contribution >= 0.6 is 11.6 Å². The van der Waals surface area contributed by atoms with Crippen molar-refractivity contribution in [2.45, 2.75) is 19.8 Å². The molecule has 0 spiro atoms. The lowest BCUT2D eigenvalue weighted by Crippen LogP contribution is -2.42. The first-order valence-corrected chi connectivity index (χ1v) is 8.78. The SMILES string of the molecule is CC1(CN)CCN(c2cnc(C(=N)c3cc(N)ncc3Cl)c(N)n2)CC1. The second-order valence-electron chi connectivity index (χ2n) is 6.93. The molecule has 0 unspecified atom stereocenters. The minimum Gasteiger partial charge on any atom is -0.384 e. The van der Waals surface area contributed by atoms with Crippen molar-refractivity contribution in [2.75, 3.05) is 36.0 Å². The first kappa shape index (κ1) is 18.3. The number of piperidine rings is 1. The Labute approximate surface area is 157 Å². The highest BCUT2D eigenvalue weighted by molar-refractivity contribution is 6.35. The van der Waals surface area contributed by atoms with E-state index >= 15 is 0 Å². The zero-order chi connectivity index (χ0) is 18.9. The van der Waals surface area contributed by atoms with Gasteiger partial charge in [-0.25, -0.2) is 15.0 Å². The lowest BCUT2D eigenvalue weighted by molar-refractivity contribution is 0.258. The number of pyridine rings is 1. The molecule has 0 aromatic carbocycles. The molecule has 9 heteroatoms. The molecule has 1 saturated heterocycles. The maximum atomic E-state index is 8.36. The Kier molecular flexibility index (Phi) is 4.97. The lowest BCUT2D eigenvalue weighted by atomic mass is 9.80. The standard InChI is InChI=1S/C17H23ClN8/c1-17(9-19)2-4-26(5-3-17)13-8-24-15(16(22)25-13)14(21)10-6-12(20)23-7-11(10)18/h6-8,21H,2-5,9,19H2,1H3,(H2,20,23)(H2,22,25). The van der Waals surface area contributed by atoms with Gasteiger partial charge >= 0.3 is 0 Å². The van der Waals surface area contributed by atoms with Crippen LogP contribution in [0.1, 0.15) is 31.0 Å². The highest BCUT2D eigenvalue weighted by Crippen LogP contribution is 2.31. The van der Waals surface area contributed by atoms with Crippen LogP contribution in [0.25, 0.3) is 0 Å². The summed E-state index contributed by atoms with van der Waals surface area (Å²) in [5, 5.41) is 8.67. The Morgan fingerprint density at radius 2 is 1.96 bits per heavy atom. The number of hydrogen-bond donors (Lipinski definition) is 4. The van der Waals surface area contributed by atoms with Gasteiger partial charge in [-0.15, -0.1) is 0 Å². The van der Waals surface area contributed by atoms with Crippen LogP contribution in [0.3, 0.4) is 0 Å². The Balaban J connectivity index is 1.82. The minimum absolute atomic E-state index is 0.0648. The van der Waals surface area contributed by atoms with Crippen LogP contribution in [-0.4, -0.2) is 40.3 Å². The molecule has 7 N–H and O–H groups in total. The third-order valence-electron chi connectivity index (χ3n) is 4.96. The Hall–Kier alpha value is -2.45. The average molecular weight is 375 g/mol. The quantitative estimate of drug-likeness (QED) is 0.595. The second kappa shape index (κ2) is 7.05. The molecule has 26 heavy (non-hydrogen) atoms. The molecule has 8 nitrogen and oxygen atoms in total. The largest absolute Gasteiger partial charge is 0.384 e. The summed E-state index contributed by atoms with van der Waals surface area (Å²) in [7, 11) is 0. The van der Waals surface area contributed by atoms with E-state index in [1.165, 1.54) is 12.3 Å². The lowest BCUT2D eigenvalue weighted by Gasteiger charge is -2.39. The van der Waals surface area contributed by atoms with Crippen LogP contribution in [0.15, 0.2) is 18.5 Å². The van der Waals surface area contributed by atoms with Crippen molar-refractivity contribution in [1.29, 1.82) is 5.41 Å². The molecule has 3 heterocycles. The topological polar surface area (TPSA) is 144 Å². The van der Waals surface area contributed by atoms with Gasteiger partial charge in [-0.1, -0.05) is 18.5 Å². The van der Waals surface area contributed by atoms with E-state index in [-0.39, 0.29) is 28.5 Å². The minimum atomic E-state index is 0.0648. The van der Waals surface area contributed by atoms with Crippen molar-refractivity contribution in [3.8, 4) is 0 Å². The maximum absolute atomic E-state index is 8.36. The van der Waals surface area contributed by atoms with Gasteiger partial charge in [0.05, 0.1) is 16.9 Å². The zero-order valence-electron chi connectivity index (χ0n) is 14.7. The number of nitrogens with two attached hydrogens (primary N) is 3. The van der Waals surface area contributed by atoms with Crippen LogP contribution < -0.4 is 22.1 Å². The van der Waals surface area contributed by atoms with Gasteiger partial charge in [-0.2, -0.15) is 0 Å². The van der Waals surface area contributed by atoms with E-state index < -0.39 is 0 Å². The summed E-state index contributed by atoms with van der Waals surface area (Å²) in [6, 6.07) is 1.53. The van der Waals surface area contributed by atoms with Crippen LogP contribution in [-0.2, 0) is 0 Å². The number of nitrogens with zero attached hydrogens (tertiary/aromatic N) is 4. The van der Waals surface area contributed by atoms with Gasteiger partial charge in [0.2, 0.25) is 0 Å². The second-order valence-corrected chi connectivity index (χ2v) is 7.34. The number of rotatable bonds is 4. The molecule has 0 aliphatic carbocycles. The summed E-state index contributed by atoms with van der Waals surface area (Å²) < 4.78 is 0. The zero-order valence-corrected chi connectivity index (χ0v) is 15.4. The van der Waals surface area contributed by atoms with Crippen LogP contribution in [0.5, 0.6) is 0 Å². The normalized spacial score (nSPS) is 16.5. The van der Waals surface area contributed by atoms with Crippen molar-refractivity contribution in [3.63, 3.8) is 0 Å². The number of hydrogen-bond acceptors (Lipinski definition) is 8. The molecule has 138 valence electrons. The van der Waals surface area contributed by atoms with E-state index in [9.17, 15) is 0 Å². The highest BCUT2D eigenvalue weighted by Gasteiger charge is 2.29. The fourth-order valence-electron chi connectivity index (χ4n) is 2.99. The van der Waals surface area contributed by atoms with E-state index in [1.54, 1.807) is 6.20 Å². The van der Waals surface area contributed by atoms with E-state index in [0.717, 1.165) is 25.9 Å². The molecular weight excluding hydrogens is 352 g/mol. The molecule has 2 aromatic rings. The predicted octanol–water partition coefficient (Wildman–Crippen LogP) is 1.67. The number of nitrogens with one attached hydrogen (secondary N) is 1. The summed E-state index contributed by atoms with van der Waals surface area (Å²) in [5.41, 5.74) is 18.6. The first-order chi connectivity index (χ1) is 12.3. The summed E-state index contributed by atoms with van der Waals surface area (Å²) in [6.07, 6.45) is 5.04. The number of halogens is 1. The molecule has 0 saturated carbocycles. The van der Waals surface area contributed by atoms with Gasteiger partial charge in [-0.05, 0) is 30.9 Å².